The minimum atomic E-state index is -0.938. The fourth-order valence-corrected chi connectivity index (χ4v) is 4.93. The zero-order valence-electron chi connectivity index (χ0n) is 20.8. The summed E-state index contributed by atoms with van der Waals surface area (Å²) in [4.78, 5) is 31.5. The van der Waals surface area contributed by atoms with E-state index in [4.69, 9.17) is 12.2 Å². The Morgan fingerprint density at radius 3 is 2.57 bits per heavy atom. The molecule has 1 fully saturated rings. The molecule has 6 nitrogen and oxygen atoms in total. The van der Waals surface area contributed by atoms with E-state index in [0.29, 0.717) is 29.3 Å². The van der Waals surface area contributed by atoms with Crippen molar-refractivity contribution in [1.82, 2.24) is 10.3 Å². The predicted octanol–water partition coefficient (Wildman–Crippen LogP) is 4.32. The van der Waals surface area contributed by atoms with Gasteiger partial charge in [0.15, 0.2) is 0 Å². The minimum Gasteiger partial charge on any atom is -0.359 e. The molecule has 35 heavy (non-hydrogen) atoms. The number of aryl methyl sites for hydroxylation is 2. The molecular weight excluding hydrogens is 443 g/mol. The van der Waals surface area contributed by atoms with Crippen molar-refractivity contribution in [2.45, 2.75) is 65.0 Å². The lowest BCUT2D eigenvalue weighted by Gasteiger charge is -2.30. The second-order valence-corrected chi connectivity index (χ2v) is 10.4. The maximum Gasteiger partial charge on any atom is 0.259 e. The Labute approximate surface area is 206 Å². The van der Waals surface area contributed by atoms with Gasteiger partial charge in [0.25, 0.3) is 11.8 Å². The number of carbonyl (C=O) groups is 2. The van der Waals surface area contributed by atoms with Gasteiger partial charge in [-0.05, 0) is 89.1 Å². The first-order valence-electron chi connectivity index (χ1n) is 12.1. The van der Waals surface area contributed by atoms with E-state index in [-0.39, 0.29) is 17.5 Å². The number of carbonyl (C=O) groups excluding carboxylic acids is 2. The molecule has 0 unspecified atom stereocenters. The summed E-state index contributed by atoms with van der Waals surface area (Å²) in [6.45, 7) is 7.74. The van der Waals surface area contributed by atoms with Crippen LogP contribution in [0.3, 0.4) is 0 Å². The van der Waals surface area contributed by atoms with E-state index in [9.17, 15) is 9.59 Å². The molecule has 2 amide bonds. The molecule has 2 aliphatic rings. The van der Waals surface area contributed by atoms with Crippen molar-refractivity contribution in [2.75, 3.05) is 11.4 Å². The van der Waals surface area contributed by atoms with Crippen molar-refractivity contribution in [3.8, 4) is 12.3 Å². The Bertz CT molecular complexity index is 1240. The van der Waals surface area contributed by atoms with Crippen LogP contribution in [0.1, 0.15) is 72.4 Å². The van der Waals surface area contributed by atoms with Gasteiger partial charge < -0.3 is 20.9 Å². The number of halogens is 1. The van der Waals surface area contributed by atoms with Crippen molar-refractivity contribution < 1.29 is 14.0 Å². The third-order valence-electron chi connectivity index (χ3n) is 6.98. The molecule has 0 saturated heterocycles. The lowest BCUT2D eigenvalue weighted by atomic mass is 9.86. The number of hydrogen-bond acceptors (Lipinski definition) is 3. The number of nitrogens with zero attached hydrogens (tertiary/aromatic N) is 1. The van der Waals surface area contributed by atoms with Gasteiger partial charge >= 0.3 is 0 Å². The summed E-state index contributed by atoms with van der Waals surface area (Å²) in [6, 6.07) is 4.97. The average molecular weight is 477 g/mol. The number of aromatic nitrogens is 1. The number of rotatable bonds is 5. The van der Waals surface area contributed by atoms with E-state index in [1.54, 1.807) is 24.8 Å². The van der Waals surface area contributed by atoms with Crippen LogP contribution in [0.4, 0.5) is 10.1 Å². The van der Waals surface area contributed by atoms with Crippen LogP contribution in [-0.2, 0) is 4.79 Å². The van der Waals surface area contributed by atoms with Gasteiger partial charge in [-0.15, -0.1) is 6.42 Å². The SMILES string of the molecule is C#CC(C)(C)NC(=O)c1cc2c(cc1F)/C(=C/c1[nH]c(C)cc1C)C(=O)N2CC1CCC(N)CC1. The summed E-state index contributed by atoms with van der Waals surface area (Å²) in [6.07, 6.45) is 11.0. The largest absolute Gasteiger partial charge is 0.359 e. The van der Waals surface area contributed by atoms with Crippen molar-refractivity contribution in [3.63, 3.8) is 0 Å². The highest BCUT2D eigenvalue weighted by atomic mass is 19.1. The first-order chi connectivity index (χ1) is 16.5. The standard InChI is InChI=1S/C28H33FN4O2/c1-6-28(4,5)32-26(34)22-14-25-20(12-23(22)29)21(13-24-16(2)11-17(3)31-24)27(35)33(25)15-18-7-9-19(30)10-8-18/h1,11-14,18-19,31H,7-10,15,30H2,2-5H3,(H,32,34)/b21-13-. The number of amides is 2. The Balaban J connectivity index is 1.77. The van der Waals surface area contributed by atoms with Gasteiger partial charge in [0.05, 0.1) is 22.4 Å². The molecule has 1 aromatic heterocycles. The number of hydrogen-bond donors (Lipinski definition) is 3. The second kappa shape index (κ2) is 9.35. The van der Waals surface area contributed by atoms with Crippen LogP contribution >= 0.6 is 0 Å². The smallest absolute Gasteiger partial charge is 0.259 e. The molecule has 4 N–H and O–H groups in total. The summed E-state index contributed by atoms with van der Waals surface area (Å²) in [5, 5.41) is 2.68. The van der Waals surface area contributed by atoms with Crippen LogP contribution in [0.15, 0.2) is 18.2 Å². The molecule has 184 valence electrons. The molecule has 0 radical (unpaired) electrons. The van der Waals surface area contributed by atoms with E-state index >= 15 is 4.39 Å². The number of fused-ring (bicyclic) bond motifs is 1. The summed E-state index contributed by atoms with van der Waals surface area (Å²) in [5.41, 5.74) is 9.22. The summed E-state index contributed by atoms with van der Waals surface area (Å²) in [7, 11) is 0. The van der Waals surface area contributed by atoms with Crippen LogP contribution in [0.2, 0.25) is 0 Å². The molecule has 7 heteroatoms. The maximum absolute atomic E-state index is 15.2. The number of H-pyrrole nitrogens is 1. The van der Waals surface area contributed by atoms with Crippen LogP contribution in [0.25, 0.3) is 11.6 Å². The van der Waals surface area contributed by atoms with Gasteiger partial charge in [0, 0.05) is 29.5 Å². The van der Waals surface area contributed by atoms with E-state index in [1.165, 1.54) is 12.1 Å². The van der Waals surface area contributed by atoms with Crippen LogP contribution < -0.4 is 16.0 Å². The van der Waals surface area contributed by atoms with Crippen molar-refractivity contribution in [2.24, 2.45) is 11.7 Å². The Hall–Kier alpha value is -3.37. The molecule has 1 saturated carbocycles. The first-order valence-corrected chi connectivity index (χ1v) is 12.1. The van der Waals surface area contributed by atoms with E-state index in [0.717, 1.165) is 42.6 Å². The van der Waals surface area contributed by atoms with Gasteiger partial charge in [-0.25, -0.2) is 4.39 Å². The van der Waals surface area contributed by atoms with E-state index in [2.05, 4.69) is 16.2 Å². The first kappa shape index (κ1) is 24.7. The van der Waals surface area contributed by atoms with Gasteiger partial charge in [-0.3, -0.25) is 9.59 Å². The molecule has 1 aliphatic heterocycles. The molecular formula is C28H33FN4O2. The summed E-state index contributed by atoms with van der Waals surface area (Å²) >= 11 is 0. The Morgan fingerprint density at radius 2 is 1.97 bits per heavy atom. The fourth-order valence-electron chi connectivity index (χ4n) is 4.93. The summed E-state index contributed by atoms with van der Waals surface area (Å²) in [5.74, 6) is 1.28. The molecule has 0 spiro atoms. The highest BCUT2D eigenvalue weighted by Crippen LogP contribution is 2.41. The number of benzene rings is 1. The second-order valence-electron chi connectivity index (χ2n) is 10.4. The number of anilines is 1. The minimum absolute atomic E-state index is 0.135. The molecule has 2 heterocycles. The zero-order chi connectivity index (χ0) is 25.5. The molecule has 1 aromatic carbocycles. The molecule has 2 aromatic rings. The Kier molecular flexibility index (Phi) is 6.61. The highest BCUT2D eigenvalue weighted by molar-refractivity contribution is 6.36. The zero-order valence-corrected chi connectivity index (χ0v) is 20.8. The number of terminal acetylenes is 1. The van der Waals surface area contributed by atoms with Gasteiger partial charge in [-0.2, -0.15) is 0 Å². The number of nitrogens with one attached hydrogen (secondary N) is 2. The fraction of sp³-hybridized carbons (Fsp3) is 0.429. The molecule has 1 aliphatic carbocycles. The van der Waals surface area contributed by atoms with E-state index in [1.807, 2.05) is 19.9 Å². The van der Waals surface area contributed by atoms with Gasteiger partial charge in [-0.1, -0.05) is 5.92 Å². The lowest BCUT2D eigenvalue weighted by Crippen LogP contribution is -2.42. The molecule has 0 atom stereocenters. The highest BCUT2D eigenvalue weighted by Gasteiger charge is 2.36. The number of nitrogens with two attached hydrogens (primary N) is 1. The monoisotopic (exact) mass is 476 g/mol. The number of aromatic amines is 1. The predicted molar refractivity (Wildman–Crippen MR) is 137 cm³/mol. The van der Waals surface area contributed by atoms with Gasteiger partial charge in [0.1, 0.15) is 5.82 Å². The average Bonchev–Trinajstić information content (AvgIpc) is 3.24. The Morgan fingerprint density at radius 1 is 1.29 bits per heavy atom. The topological polar surface area (TPSA) is 91.2 Å². The summed E-state index contributed by atoms with van der Waals surface area (Å²) < 4.78 is 15.2. The normalized spacial score (nSPS) is 21.2. The van der Waals surface area contributed by atoms with Crippen LogP contribution in [0.5, 0.6) is 0 Å². The third-order valence-corrected chi connectivity index (χ3v) is 6.98. The molecule has 0 bridgehead atoms. The van der Waals surface area contributed by atoms with Crippen LogP contribution in [-0.4, -0.2) is 34.9 Å². The van der Waals surface area contributed by atoms with Crippen molar-refractivity contribution >= 4 is 29.2 Å². The third kappa shape index (κ3) is 5.03. The van der Waals surface area contributed by atoms with Crippen LogP contribution in [0, 0.1) is 37.9 Å². The lowest BCUT2D eigenvalue weighted by molar-refractivity contribution is -0.113. The van der Waals surface area contributed by atoms with E-state index < -0.39 is 17.3 Å². The quantitative estimate of drug-likeness (QED) is 0.443. The van der Waals surface area contributed by atoms with Gasteiger partial charge in [0.2, 0.25) is 0 Å². The molecule has 4 rings (SSSR count). The van der Waals surface area contributed by atoms with Crippen molar-refractivity contribution in [1.29, 1.82) is 0 Å². The maximum atomic E-state index is 15.2. The van der Waals surface area contributed by atoms with Crippen molar-refractivity contribution in [3.05, 3.63) is 52.1 Å².